The van der Waals surface area contributed by atoms with Gasteiger partial charge in [0.1, 0.15) is 11.9 Å². The van der Waals surface area contributed by atoms with Crippen LogP contribution >= 0.6 is 0 Å². The molecular formula is C13H14FNO4. The highest BCUT2D eigenvalue weighted by atomic mass is 19.1. The lowest BCUT2D eigenvalue weighted by atomic mass is 10.1. The van der Waals surface area contributed by atoms with Crippen LogP contribution in [-0.2, 0) is 14.3 Å². The third-order valence-electron chi connectivity index (χ3n) is 2.39. The lowest BCUT2D eigenvalue weighted by molar-refractivity contribution is -0.131. The summed E-state index contributed by atoms with van der Waals surface area (Å²) < 4.78 is 18.5. The van der Waals surface area contributed by atoms with Crippen molar-refractivity contribution in [2.45, 2.75) is 13.0 Å². The Bertz CT molecular complexity index is 513. The van der Waals surface area contributed by atoms with E-state index >= 15 is 0 Å². The van der Waals surface area contributed by atoms with Gasteiger partial charge in [0.25, 0.3) is 5.91 Å². The van der Waals surface area contributed by atoms with Crippen LogP contribution in [-0.4, -0.2) is 30.2 Å². The maximum absolute atomic E-state index is 13.7. The number of aliphatic carboxylic acids is 1. The minimum Gasteiger partial charge on any atom is -0.478 e. The second-order valence-corrected chi connectivity index (χ2v) is 3.78. The van der Waals surface area contributed by atoms with Crippen LogP contribution in [0.15, 0.2) is 24.3 Å². The maximum Gasteiger partial charge on any atom is 0.328 e. The Hall–Kier alpha value is -2.21. The molecule has 1 aromatic carbocycles. The van der Waals surface area contributed by atoms with Crippen LogP contribution in [0, 0.1) is 5.82 Å². The number of halogens is 1. The second kappa shape index (κ2) is 6.65. The molecule has 0 fully saturated rings. The van der Waals surface area contributed by atoms with Crippen LogP contribution in [0.1, 0.15) is 12.5 Å². The molecule has 2 N–H and O–H groups in total. The Kier molecular flexibility index (Phi) is 5.20. The van der Waals surface area contributed by atoms with Crippen LogP contribution in [0.3, 0.4) is 0 Å². The highest BCUT2D eigenvalue weighted by Crippen LogP contribution is 2.17. The first-order valence-corrected chi connectivity index (χ1v) is 5.48. The fourth-order valence-corrected chi connectivity index (χ4v) is 1.25. The number of hydrogen-bond acceptors (Lipinski definition) is 3. The van der Waals surface area contributed by atoms with Gasteiger partial charge in [-0.2, -0.15) is 0 Å². The van der Waals surface area contributed by atoms with Crippen molar-refractivity contribution in [3.05, 3.63) is 35.7 Å². The summed E-state index contributed by atoms with van der Waals surface area (Å²) in [5, 5.41) is 10.8. The monoisotopic (exact) mass is 267 g/mol. The fourth-order valence-electron chi connectivity index (χ4n) is 1.25. The smallest absolute Gasteiger partial charge is 0.328 e. The molecule has 0 aliphatic heterocycles. The molecule has 19 heavy (non-hydrogen) atoms. The summed E-state index contributed by atoms with van der Waals surface area (Å²) in [6.07, 6.45) is 1.47. The number of anilines is 1. The van der Waals surface area contributed by atoms with Gasteiger partial charge in [-0.25, -0.2) is 9.18 Å². The zero-order valence-electron chi connectivity index (χ0n) is 10.5. The van der Waals surface area contributed by atoms with Crippen molar-refractivity contribution in [3.63, 3.8) is 0 Å². The molecule has 0 bridgehead atoms. The summed E-state index contributed by atoms with van der Waals surface area (Å²) in [6, 6.07) is 3.99. The van der Waals surface area contributed by atoms with Gasteiger partial charge in [-0.15, -0.1) is 0 Å². The number of rotatable bonds is 5. The first kappa shape index (κ1) is 14.8. The van der Waals surface area contributed by atoms with Gasteiger partial charge in [-0.3, -0.25) is 4.79 Å². The van der Waals surface area contributed by atoms with Crippen LogP contribution in [0.5, 0.6) is 0 Å². The number of ether oxygens (including phenoxy) is 1. The van der Waals surface area contributed by atoms with E-state index in [1.165, 1.54) is 32.2 Å². The maximum atomic E-state index is 13.7. The molecule has 102 valence electrons. The Morgan fingerprint density at radius 1 is 1.47 bits per heavy atom. The zero-order valence-corrected chi connectivity index (χ0v) is 10.5. The highest BCUT2D eigenvalue weighted by molar-refractivity contribution is 5.94. The summed E-state index contributed by atoms with van der Waals surface area (Å²) in [6.45, 7) is 1.54. The Balaban J connectivity index is 2.83. The van der Waals surface area contributed by atoms with E-state index in [-0.39, 0.29) is 5.69 Å². The second-order valence-electron chi connectivity index (χ2n) is 3.78. The van der Waals surface area contributed by atoms with Gasteiger partial charge in [0.2, 0.25) is 0 Å². The van der Waals surface area contributed by atoms with Crippen LogP contribution in [0.4, 0.5) is 10.1 Å². The molecule has 0 radical (unpaired) electrons. The van der Waals surface area contributed by atoms with Gasteiger partial charge in [0, 0.05) is 13.2 Å². The zero-order chi connectivity index (χ0) is 14.4. The van der Waals surface area contributed by atoms with Crippen molar-refractivity contribution in [1.82, 2.24) is 0 Å². The van der Waals surface area contributed by atoms with Gasteiger partial charge in [0.15, 0.2) is 0 Å². The Morgan fingerprint density at radius 3 is 2.68 bits per heavy atom. The van der Waals surface area contributed by atoms with Crippen LogP contribution < -0.4 is 5.32 Å². The quantitative estimate of drug-likeness (QED) is 0.799. The number of methoxy groups -OCH3 is 1. The average Bonchev–Trinajstić information content (AvgIpc) is 2.38. The summed E-state index contributed by atoms with van der Waals surface area (Å²) in [7, 11) is 1.38. The molecule has 0 spiro atoms. The molecule has 0 aromatic heterocycles. The summed E-state index contributed by atoms with van der Waals surface area (Å²) in [4.78, 5) is 21.8. The predicted molar refractivity (Wildman–Crippen MR) is 68.2 cm³/mol. The third-order valence-corrected chi connectivity index (χ3v) is 2.39. The highest BCUT2D eigenvalue weighted by Gasteiger charge is 2.13. The number of amides is 1. The molecule has 6 heteroatoms. The van der Waals surface area contributed by atoms with Crippen molar-refractivity contribution >= 4 is 23.6 Å². The van der Waals surface area contributed by atoms with E-state index in [0.29, 0.717) is 5.56 Å². The van der Waals surface area contributed by atoms with E-state index in [2.05, 4.69) is 5.32 Å². The summed E-state index contributed by atoms with van der Waals surface area (Å²) in [5.74, 6) is -2.23. The molecule has 1 unspecified atom stereocenters. The number of hydrogen-bond donors (Lipinski definition) is 2. The predicted octanol–water partition coefficient (Wildman–Crippen LogP) is 1.90. The first-order valence-electron chi connectivity index (χ1n) is 5.48. The van der Waals surface area contributed by atoms with E-state index in [4.69, 9.17) is 9.84 Å². The largest absolute Gasteiger partial charge is 0.478 e. The van der Waals surface area contributed by atoms with E-state index in [0.717, 1.165) is 12.1 Å². The van der Waals surface area contributed by atoms with Gasteiger partial charge in [-0.1, -0.05) is 6.07 Å². The molecule has 0 saturated heterocycles. The molecular weight excluding hydrogens is 253 g/mol. The van der Waals surface area contributed by atoms with Crippen LogP contribution in [0.25, 0.3) is 6.08 Å². The van der Waals surface area contributed by atoms with Crippen molar-refractivity contribution in [2.24, 2.45) is 0 Å². The molecule has 1 amide bonds. The van der Waals surface area contributed by atoms with Gasteiger partial charge < -0.3 is 15.2 Å². The molecule has 1 aromatic rings. The van der Waals surface area contributed by atoms with Crippen molar-refractivity contribution < 1.29 is 23.8 Å². The van der Waals surface area contributed by atoms with E-state index in [1.807, 2.05) is 0 Å². The summed E-state index contributed by atoms with van der Waals surface area (Å²) in [5.41, 5.74) is 0.402. The number of benzene rings is 1. The van der Waals surface area contributed by atoms with Crippen molar-refractivity contribution in [1.29, 1.82) is 0 Å². The van der Waals surface area contributed by atoms with E-state index in [9.17, 15) is 14.0 Å². The van der Waals surface area contributed by atoms with Crippen LogP contribution in [0.2, 0.25) is 0 Å². The summed E-state index contributed by atoms with van der Waals surface area (Å²) >= 11 is 0. The fraction of sp³-hybridized carbons (Fsp3) is 0.231. The molecule has 0 heterocycles. The number of carboxylic acid groups (broad SMARTS) is 1. The first-order chi connectivity index (χ1) is 8.93. The van der Waals surface area contributed by atoms with Crippen molar-refractivity contribution in [2.75, 3.05) is 12.4 Å². The minimum atomic E-state index is -1.12. The standard InChI is InChI=1S/C13H14FNO4/c1-8(19-2)13(18)15-11-5-3-9(7-10(11)14)4-6-12(16)17/h3-8H,1-2H3,(H,15,18)(H,16,17)/b6-4+. The number of nitrogens with one attached hydrogen (secondary N) is 1. The van der Waals surface area contributed by atoms with E-state index in [1.54, 1.807) is 0 Å². The number of carbonyl (C=O) groups excluding carboxylic acids is 1. The molecule has 0 aliphatic rings. The number of carbonyl (C=O) groups is 2. The minimum absolute atomic E-state index is 0.0152. The Morgan fingerprint density at radius 2 is 2.16 bits per heavy atom. The molecule has 0 aliphatic carbocycles. The average molecular weight is 267 g/mol. The lowest BCUT2D eigenvalue weighted by Crippen LogP contribution is -2.26. The molecule has 5 nitrogen and oxygen atoms in total. The third kappa shape index (κ3) is 4.51. The normalized spacial score (nSPS) is 12.4. The topological polar surface area (TPSA) is 75.6 Å². The van der Waals surface area contributed by atoms with E-state index < -0.39 is 23.8 Å². The molecule has 0 saturated carbocycles. The Labute approximate surface area is 109 Å². The van der Waals surface area contributed by atoms with Gasteiger partial charge in [0.05, 0.1) is 5.69 Å². The molecule has 1 atom stereocenters. The molecule has 1 rings (SSSR count). The van der Waals surface area contributed by atoms with Crippen molar-refractivity contribution in [3.8, 4) is 0 Å². The SMILES string of the molecule is COC(C)C(=O)Nc1ccc(/C=C/C(=O)O)cc1F. The van der Waals surface area contributed by atoms with Gasteiger partial charge in [-0.05, 0) is 30.7 Å². The number of carboxylic acids is 1. The lowest BCUT2D eigenvalue weighted by Gasteiger charge is -2.11. The van der Waals surface area contributed by atoms with Gasteiger partial charge >= 0.3 is 5.97 Å².